The van der Waals surface area contributed by atoms with Crippen molar-refractivity contribution in [1.82, 2.24) is 5.32 Å². The Morgan fingerprint density at radius 1 is 1.08 bits per heavy atom. The average Bonchev–Trinajstić information content (AvgIpc) is 2.61. The number of hydrogen-bond acceptors (Lipinski definition) is 5. The number of esters is 1. The second kappa shape index (κ2) is 8.66. The van der Waals surface area contributed by atoms with Crippen molar-refractivity contribution in [2.45, 2.75) is 19.4 Å². The van der Waals surface area contributed by atoms with Crippen LogP contribution < -0.4 is 14.8 Å². The number of rotatable bonds is 7. The van der Waals surface area contributed by atoms with Crippen molar-refractivity contribution in [2.75, 3.05) is 7.11 Å². The fraction of sp³-hybridized carbons (Fsp3) is 0.211. The molecule has 0 unspecified atom stereocenters. The van der Waals surface area contributed by atoms with Gasteiger partial charge in [0.15, 0.2) is 0 Å². The summed E-state index contributed by atoms with van der Waals surface area (Å²) in [5, 5.41) is 11.9. The number of methoxy groups -OCH3 is 1. The van der Waals surface area contributed by atoms with E-state index in [0.717, 1.165) is 5.56 Å². The Bertz CT molecular complexity index is 800. The van der Waals surface area contributed by atoms with E-state index in [9.17, 15) is 19.5 Å². The molecule has 0 aliphatic carbocycles. The first kappa shape index (κ1) is 19.0. The Morgan fingerprint density at radius 2 is 1.77 bits per heavy atom. The van der Waals surface area contributed by atoms with Crippen molar-refractivity contribution < 1.29 is 29.0 Å². The third kappa shape index (κ3) is 5.34. The quantitative estimate of drug-likeness (QED) is 0.581. The van der Waals surface area contributed by atoms with Crippen LogP contribution in [0.25, 0.3) is 0 Å². The number of carbonyl (C=O) groups excluding carboxylic acids is 2. The number of hydrogen-bond donors (Lipinski definition) is 2. The molecule has 0 fully saturated rings. The van der Waals surface area contributed by atoms with Crippen molar-refractivity contribution in [2.24, 2.45) is 0 Å². The number of carboxylic acids is 1. The molecule has 1 atom stereocenters. The molecule has 0 saturated carbocycles. The molecule has 1 amide bonds. The standard InChI is InChI=1S/C19H19NO6/c1-12(21)26-15-8-6-14(7-9-15)18(22)20-17(19(23)24)11-13-4-3-5-16(10-13)25-2/h3-10,17H,11H2,1-2H3,(H,20,22)(H,23,24)/t17-/m1/s1. The van der Waals surface area contributed by atoms with Gasteiger partial charge in [0.2, 0.25) is 0 Å². The summed E-state index contributed by atoms with van der Waals surface area (Å²) in [5.41, 5.74) is 0.986. The minimum Gasteiger partial charge on any atom is -0.497 e. The molecule has 0 aromatic heterocycles. The topological polar surface area (TPSA) is 102 Å². The van der Waals surface area contributed by atoms with Gasteiger partial charge in [0.25, 0.3) is 5.91 Å². The smallest absolute Gasteiger partial charge is 0.326 e. The van der Waals surface area contributed by atoms with Crippen LogP contribution in [0.15, 0.2) is 48.5 Å². The summed E-state index contributed by atoms with van der Waals surface area (Å²) < 4.78 is 10.0. The number of amides is 1. The second-order valence-corrected chi connectivity index (χ2v) is 5.54. The third-order valence-electron chi connectivity index (χ3n) is 3.56. The van der Waals surface area contributed by atoms with Crippen LogP contribution in [-0.4, -0.2) is 36.1 Å². The summed E-state index contributed by atoms with van der Waals surface area (Å²) in [6.45, 7) is 1.27. The maximum Gasteiger partial charge on any atom is 0.326 e. The van der Waals surface area contributed by atoms with E-state index in [1.54, 1.807) is 24.3 Å². The van der Waals surface area contributed by atoms with E-state index in [4.69, 9.17) is 9.47 Å². The van der Waals surface area contributed by atoms with Crippen LogP contribution in [0, 0.1) is 0 Å². The van der Waals surface area contributed by atoms with Crippen LogP contribution in [0.1, 0.15) is 22.8 Å². The van der Waals surface area contributed by atoms with E-state index in [0.29, 0.717) is 11.5 Å². The molecule has 26 heavy (non-hydrogen) atoms. The van der Waals surface area contributed by atoms with Crippen molar-refractivity contribution >= 4 is 17.8 Å². The van der Waals surface area contributed by atoms with E-state index in [1.165, 1.54) is 38.3 Å². The Balaban J connectivity index is 2.07. The number of carboxylic acid groups (broad SMARTS) is 1. The number of aliphatic carboxylic acids is 1. The van der Waals surface area contributed by atoms with Crippen LogP contribution in [-0.2, 0) is 16.0 Å². The minimum absolute atomic E-state index is 0.115. The Hall–Kier alpha value is -3.35. The monoisotopic (exact) mass is 357 g/mol. The van der Waals surface area contributed by atoms with Crippen LogP contribution in [0.5, 0.6) is 11.5 Å². The van der Waals surface area contributed by atoms with Gasteiger partial charge in [-0.05, 0) is 42.0 Å². The number of carbonyl (C=O) groups is 3. The van der Waals surface area contributed by atoms with Gasteiger partial charge in [0.1, 0.15) is 17.5 Å². The van der Waals surface area contributed by atoms with Gasteiger partial charge in [-0.2, -0.15) is 0 Å². The lowest BCUT2D eigenvalue weighted by molar-refractivity contribution is -0.139. The summed E-state index contributed by atoms with van der Waals surface area (Å²) in [6, 6.07) is 11.7. The fourth-order valence-corrected chi connectivity index (χ4v) is 2.32. The zero-order chi connectivity index (χ0) is 19.1. The Kier molecular flexibility index (Phi) is 6.32. The highest BCUT2D eigenvalue weighted by Gasteiger charge is 2.21. The number of benzene rings is 2. The van der Waals surface area contributed by atoms with E-state index in [1.807, 2.05) is 0 Å². The molecular weight excluding hydrogens is 338 g/mol. The van der Waals surface area contributed by atoms with Crippen LogP contribution in [0.4, 0.5) is 0 Å². The highest BCUT2D eigenvalue weighted by atomic mass is 16.5. The normalized spacial score (nSPS) is 11.3. The van der Waals surface area contributed by atoms with Gasteiger partial charge in [-0.1, -0.05) is 12.1 Å². The van der Waals surface area contributed by atoms with Gasteiger partial charge in [-0.3, -0.25) is 9.59 Å². The molecule has 136 valence electrons. The first-order chi connectivity index (χ1) is 12.4. The maximum atomic E-state index is 12.3. The molecule has 7 nitrogen and oxygen atoms in total. The highest BCUT2D eigenvalue weighted by Crippen LogP contribution is 2.15. The van der Waals surface area contributed by atoms with E-state index in [-0.39, 0.29) is 12.0 Å². The van der Waals surface area contributed by atoms with Gasteiger partial charge in [-0.25, -0.2) is 4.79 Å². The molecule has 7 heteroatoms. The van der Waals surface area contributed by atoms with Gasteiger partial charge in [0, 0.05) is 18.9 Å². The summed E-state index contributed by atoms with van der Waals surface area (Å²) in [7, 11) is 1.52. The zero-order valence-electron chi connectivity index (χ0n) is 14.4. The first-order valence-electron chi connectivity index (χ1n) is 7.84. The lowest BCUT2D eigenvalue weighted by Gasteiger charge is -2.15. The van der Waals surface area contributed by atoms with Gasteiger partial charge in [0.05, 0.1) is 7.11 Å². The molecule has 2 rings (SSSR count). The van der Waals surface area contributed by atoms with E-state index < -0.39 is 23.9 Å². The Morgan fingerprint density at radius 3 is 2.35 bits per heavy atom. The van der Waals surface area contributed by atoms with Gasteiger partial charge >= 0.3 is 11.9 Å². The number of nitrogens with one attached hydrogen (secondary N) is 1. The summed E-state index contributed by atoms with van der Waals surface area (Å²) in [4.78, 5) is 34.7. The molecule has 0 heterocycles. The molecule has 0 saturated heterocycles. The molecule has 2 aromatic rings. The first-order valence-corrected chi connectivity index (χ1v) is 7.84. The molecular formula is C19H19NO6. The maximum absolute atomic E-state index is 12.3. The minimum atomic E-state index is -1.14. The average molecular weight is 357 g/mol. The van der Waals surface area contributed by atoms with E-state index >= 15 is 0 Å². The lowest BCUT2D eigenvalue weighted by atomic mass is 10.0. The Labute approximate surface area is 150 Å². The van der Waals surface area contributed by atoms with Gasteiger partial charge < -0.3 is 19.9 Å². The van der Waals surface area contributed by atoms with Gasteiger partial charge in [-0.15, -0.1) is 0 Å². The summed E-state index contributed by atoms with van der Waals surface area (Å²) in [5.74, 6) is -1.22. The second-order valence-electron chi connectivity index (χ2n) is 5.54. The van der Waals surface area contributed by atoms with Crippen molar-refractivity contribution in [3.63, 3.8) is 0 Å². The highest BCUT2D eigenvalue weighted by molar-refractivity contribution is 5.96. The van der Waals surface area contributed by atoms with Crippen LogP contribution in [0.3, 0.4) is 0 Å². The zero-order valence-corrected chi connectivity index (χ0v) is 14.4. The lowest BCUT2D eigenvalue weighted by Crippen LogP contribution is -2.42. The van der Waals surface area contributed by atoms with Crippen LogP contribution >= 0.6 is 0 Å². The third-order valence-corrected chi connectivity index (χ3v) is 3.56. The fourth-order valence-electron chi connectivity index (χ4n) is 2.32. The molecule has 2 aromatic carbocycles. The van der Waals surface area contributed by atoms with E-state index in [2.05, 4.69) is 5.32 Å². The number of ether oxygens (including phenoxy) is 2. The molecule has 0 spiro atoms. The molecule has 0 bridgehead atoms. The summed E-state index contributed by atoms with van der Waals surface area (Å²) >= 11 is 0. The van der Waals surface area contributed by atoms with Crippen molar-refractivity contribution in [3.8, 4) is 11.5 Å². The molecule has 2 N–H and O–H groups in total. The van der Waals surface area contributed by atoms with Crippen molar-refractivity contribution in [3.05, 3.63) is 59.7 Å². The predicted octanol–water partition coefficient (Wildman–Crippen LogP) is 2.05. The predicted molar refractivity (Wildman–Crippen MR) is 93.3 cm³/mol. The molecule has 0 aliphatic heterocycles. The molecule has 0 radical (unpaired) electrons. The summed E-state index contributed by atoms with van der Waals surface area (Å²) in [6.07, 6.45) is 0.115. The SMILES string of the molecule is COc1cccc(C[C@@H](NC(=O)c2ccc(OC(C)=O)cc2)C(=O)O)c1. The van der Waals surface area contributed by atoms with Crippen molar-refractivity contribution in [1.29, 1.82) is 0 Å². The largest absolute Gasteiger partial charge is 0.497 e. The molecule has 0 aliphatic rings. The van der Waals surface area contributed by atoms with Crippen LogP contribution in [0.2, 0.25) is 0 Å².